The van der Waals surface area contributed by atoms with Gasteiger partial charge >= 0.3 is 0 Å². The zero-order valence-corrected chi connectivity index (χ0v) is 14.8. The van der Waals surface area contributed by atoms with Gasteiger partial charge in [0.05, 0.1) is 4.90 Å². The molecular formula is C17H25N3O3S. The van der Waals surface area contributed by atoms with Crippen molar-refractivity contribution >= 4 is 15.9 Å². The van der Waals surface area contributed by atoms with Crippen molar-refractivity contribution < 1.29 is 13.2 Å². The number of nitrogens with zero attached hydrogens (tertiary/aromatic N) is 1. The van der Waals surface area contributed by atoms with Gasteiger partial charge in [-0.15, -0.1) is 0 Å². The monoisotopic (exact) mass is 351 g/mol. The van der Waals surface area contributed by atoms with Crippen molar-refractivity contribution in [1.82, 2.24) is 9.62 Å². The number of aryl methyl sites for hydroxylation is 1. The minimum atomic E-state index is -3.41. The molecule has 1 amide bonds. The second-order valence-corrected chi connectivity index (χ2v) is 8.70. The molecule has 6 nitrogen and oxygen atoms in total. The molecule has 132 valence electrons. The van der Waals surface area contributed by atoms with Gasteiger partial charge in [-0.3, -0.25) is 4.79 Å². The highest BCUT2D eigenvalue weighted by Crippen LogP contribution is 2.37. The molecule has 0 aromatic heterocycles. The van der Waals surface area contributed by atoms with E-state index in [0.717, 1.165) is 31.5 Å². The molecule has 3 unspecified atom stereocenters. The molecule has 24 heavy (non-hydrogen) atoms. The molecule has 2 fully saturated rings. The molecule has 1 saturated heterocycles. The second-order valence-electron chi connectivity index (χ2n) is 6.82. The highest BCUT2D eigenvalue weighted by Gasteiger charge is 2.42. The van der Waals surface area contributed by atoms with Gasteiger partial charge in [-0.2, -0.15) is 0 Å². The lowest BCUT2D eigenvalue weighted by Gasteiger charge is -2.18. The molecule has 3 atom stereocenters. The number of hydrogen-bond donors (Lipinski definition) is 2. The van der Waals surface area contributed by atoms with Gasteiger partial charge in [0.15, 0.2) is 0 Å². The lowest BCUT2D eigenvalue weighted by Crippen LogP contribution is -2.33. The van der Waals surface area contributed by atoms with Gasteiger partial charge in [-0.25, -0.2) is 13.1 Å². The Hall–Kier alpha value is -1.44. The number of nitrogens with one attached hydrogen (secondary N) is 1. The van der Waals surface area contributed by atoms with E-state index in [-0.39, 0.29) is 16.8 Å². The maximum Gasteiger partial charge on any atom is 0.240 e. The molecule has 3 rings (SSSR count). The van der Waals surface area contributed by atoms with Crippen molar-refractivity contribution in [3.8, 4) is 0 Å². The van der Waals surface area contributed by atoms with Crippen LogP contribution in [0.3, 0.4) is 0 Å². The van der Waals surface area contributed by atoms with Crippen molar-refractivity contribution in [3.05, 3.63) is 29.8 Å². The lowest BCUT2D eigenvalue weighted by molar-refractivity contribution is -0.130. The zero-order chi connectivity index (χ0) is 17.3. The van der Waals surface area contributed by atoms with E-state index < -0.39 is 10.0 Å². The summed E-state index contributed by atoms with van der Waals surface area (Å²) in [6.07, 6.45) is 3.29. The van der Waals surface area contributed by atoms with Gasteiger partial charge in [-0.05, 0) is 55.8 Å². The first-order valence-corrected chi connectivity index (χ1v) is 9.95. The minimum Gasteiger partial charge on any atom is -0.342 e. The van der Waals surface area contributed by atoms with Gasteiger partial charge in [0.1, 0.15) is 0 Å². The van der Waals surface area contributed by atoms with Crippen molar-refractivity contribution in [2.24, 2.45) is 17.6 Å². The molecule has 3 N–H and O–H groups in total. The summed E-state index contributed by atoms with van der Waals surface area (Å²) >= 11 is 0. The smallest absolute Gasteiger partial charge is 0.240 e. The van der Waals surface area contributed by atoms with Crippen LogP contribution in [-0.4, -0.2) is 45.4 Å². The quantitative estimate of drug-likeness (QED) is 0.818. The summed E-state index contributed by atoms with van der Waals surface area (Å²) < 4.78 is 25.7. The Balaban J connectivity index is 1.54. The van der Waals surface area contributed by atoms with Gasteiger partial charge in [0.2, 0.25) is 15.9 Å². The third-order valence-electron chi connectivity index (χ3n) is 5.39. The number of sulfonamides is 1. The predicted molar refractivity (Wildman–Crippen MR) is 91.8 cm³/mol. The van der Waals surface area contributed by atoms with Gasteiger partial charge < -0.3 is 10.6 Å². The van der Waals surface area contributed by atoms with Crippen LogP contribution in [0.5, 0.6) is 0 Å². The van der Waals surface area contributed by atoms with Crippen LogP contribution in [0.4, 0.5) is 0 Å². The molecule has 1 heterocycles. The topological polar surface area (TPSA) is 92.5 Å². The number of likely N-dealkylation sites (tertiary alicyclic amines) is 1. The predicted octanol–water partition coefficient (Wildman–Crippen LogP) is 0.723. The average Bonchev–Trinajstić information content (AvgIpc) is 3.15. The van der Waals surface area contributed by atoms with E-state index in [4.69, 9.17) is 5.73 Å². The summed E-state index contributed by atoms with van der Waals surface area (Å²) in [5, 5.41) is 0. The van der Waals surface area contributed by atoms with Crippen LogP contribution in [0.2, 0.25) is 0 Å². The number of rotatable bonds is 5. The highest BCUT2D eigenvalue weighted by molar-refractivity contribution is 7.89. The third-order valence-corrected chi connectivity index (χ3v) is 6.83. The first-order chi connectivity index (χ1) is 11.4. The fourth-order valence-electron chi connectivity index (χ4n) is 3.87. The fourth-order valence-corrected chi connectivity index (χ4v) is 4.60. The maximum atomic E-state index is 12.4. The normalized spacial score (nSPS) is 26.6. The Kier molecular flexibility index (Phi) is 4.94. The lowest BCUT2D eigenvalue weighted by atomic mass is 9.98. The van der Waals surface area contributed by atoms with Gasteiger partial charge in [0, 0.05) is 25.6 Å². The summed E-state index contributed by atoms with van der Waals surface area (Å²) in [7, 11) is -2.02. The fraction of sp³-hybridized carbons (Fsp3) is 0.588. The van der Waals surface area contributed by atoms with Crippen LogP contribution in [0.15, 0.2) is 29.2 Å². The van der Waals surface area contributed by atoms with E-state index >= 15 is 0 Å². The third kappa shape index (κ3) is 3.48. The number of fused-ring (bicyclic) bond motifs is 1. The Morgan fingerprint density at radius 3 is 2.58 bits per heavy atom. The van der Waals surface area contributed by atoms with Gasteiger partial charge in [0.25, 0.3) is 0 Å². The minimum absolute atomic E-state index is 0.170. The van der Waals surface area contributed by atoms with Crippen molar-refractivity contribution in [3.63, 3.8) is 0 Å². The molecule has 1 saturated carbocycles. The second kappa shape index (κ2) is 6.82. The molecule has 1 aromatic carbocycles. The van der Waals surface area contributed by atoms with E-state index in [0.29, 0.717) is 24.7 Å². The average molecular weight is 351 g/mol. The van der Waals surface area contributed by atoms with Crippen molar-refractivity contribution in [2.45, 2.75) is 36.6 Å². The van der Waals surface area contributed by atoms with Crippen LogP contribution in [0.1, 0.15) is 24.8 Å². The number of amides is 1. The largest absolute Gasteiger partial charge is 0.342 e. The standard InChI is InChI=1S/C17H25N3O3S/c1-19-24(22,23)14-6-2-12(3-7-14)4-9-17(21)20-10-13-5-8-16(18)15(13)11-20/h2-3,6-7,13,15-16,19H,4-5,8-11,18H2,1H3. The van der Waals surface area contributed by atoms with E-state index in [1.165, 1.54) is 7.05 Å². The van der Waals surface area contributed by atoms with Crippen LogP contribution in [0, 0.1) is 11.8 Å². The molecule has 0 radical (unpaired) electrons. The number of nitrogens with two attached hydrogens (primary N) is 1. The Bertz CT molecular complexity index is 702. The number of carbonyl (C=O) groups is 1. The Morgan fingerprint density at radius 1 is 1.25 bits per heavy atom. The van der Waals surface area contributed by atoms with Crippen LogP contribution in [-0.2, 0) is 21.2 Å². The zero-order valence-electron chi connectivity index (χ0n) is 13.9. The molecule has 1 aliphatic heterocycles. The number of benzene rings is 1. The van der Waals surface area contributed by atoms with E-state index in [1.54, 1.807) is 24.3 Å². The molecule has 7 heteroatoms. The van der Waals surface area contributed by atoms with Crippen molar-refractivity contribution in [2.75, 3.05) is 20.1 Å². The van der Waals surface area contributed by atoms with Crippen molar-refractivity contribution in [1.29, 1.82) is 0 Å². The first-order valence-electron chi connectivity index (χ1n) is 8.46. The van der Waals surface area contributed by atoms with Crippen LogP contribution in [0.25, 0.3) is 0 Å². The maximum absolute atomic E-state index is 12.4. The van der Waals surface area contributed by atoms with Crippen LogP contribution >= 0.6 is 0 Å². The SMILES string of the molecule is CNS(=O)(=O)c1ccc(CCC(=O)N2CC3CCC(N)C3C2)cc1. The summed E-state index contributed by atoms with van der Waals surface area (Å²) in [6, 6.07) is 6.93. The Labute approximate surface area is 143 Å². The van der Waals surface area contributed by atoms with E-state index in [2.05, 4.69) is 4.72 Å². The summed E-state index contributed by atoms with van der Waals surface area (Å²) in [5.74, 6) is 1.22. The Morgan fingerprint density at radius 2 is 1.96 bits per heavy atom. The molecule has 1 aromatic rings. The number of hydrogen-bond acceptors (Lipinski definition) is 4. The summed E-state index contributed by atoms with van der Waals surface area (Å²) in [6.45, 7) is 1.64. The highest BCUT2D eigenvalue weighted by atomic mass is 32.2. The molecule has 2 aliphatic rings. The van der Waals surface area contributed by atoms with E-state index in [1.807, 2.05) is 4.90 Å². The first kappa shape index (κ1) is 17.4. The molecular weight excluding hydrogens is 326 g/mol. The summed E-state index contributed by atoms with van der Waals surface area (Å²) in [4.78, 5) is 14.6. The molecule has 0 bridgehead atoms. The van der Waals surface area contributed by atoms with Gasteiger partial charge in [-0.1, -0.05) is 12.1 Å². The van der Waals surface area contributed by atoms with Crippen LogP contribution < -0.4 is 10.5 Å². The summed E-state index contributed by atoms with van der Waals surface area (Å²) in [5.41, 5.74) is 7.08. The molecule has 0 spiro atoms. The number of carbonyl (C=O) groups excluding carboxylic acids is 1. The molecule has 1 aliphatic carbocycles. The van der Waals surface area contributed by atoms with E-state index in [9.17, 15) is 13.2 Å².